The third-order valence-corrected chi connectivity index (χ3v) is 3.67. The van der Waals surface area contributed by atoms with Gasteiger partial charge in [0.25, 0.3) is 0 Å². The van der Waals surface area contributed by atoms with E-state index in [1.165, 1.54) is 0 Å². The average Bonchev–Trinajstić information content (AvgIpc) is 3.10. The number of hydrogen-bond acceptors (Lipinski definition) is 4. The van der Waals surface area contributed by atoms with Crippen LogP contribution in [0.5, 0.6) is 0 Å². The third-order valence-electron chi connectivity index (χ3n) is 3.67. The van der Waals surface area contributed by atoms with Gasteiger partial charge in [-0.25, -0.2) is 0 Å². The highest BCUT2D eigenvalue weighted by Crippen LogP contribution is 2.37. The molecule has 20 heavy (non-hydrogen) atoms. The van der Waals surface area contributed by atoms with Crippen LogP contribution < -0.4 is 16.0 Å². The molecule has 0 aromatic carbocycles. The minimum Gasteiger partial charge on any atom is -0.355 e. The van der Waals surface area contributed by atoms with Crippen LogP contribution in [-0.2, 0) is 19.2 Å². The second-order valence-electron chi connectivity index (χ2n) is 5.43. The summed E-state index contributed by atoms with van der Waals surface area (Å²) in [6, 6.07) is -0.653. The molecule has 3 unspecified atom stereocenters. The third kappa shape index (κ3) is 3.79. The first-order valence-corrected chi connectivity index (χ1v) is 6.88. The van der Waals surface area contributed by atoms with Crippen molar-refractivity contribution < 1.29 is 19.2 Å². The van der Waals surface area contributed by atoms with E-state index in [0.29, 0.717) is 12.3 Å². The molecule has 3 atom stereocenters. The van der Waals surface area contributed by atoms with Crippen molar-refractivity contribution in [3.63, 3.8) is 0 Å². The average molecular weight is 281 g/mol. The van der Waals surface area contributed by atoms with Crippen molar-refractivity contribution >= 4 is 23.6 Å². The first-order valence-electron chi connectivity index (χ1n) is 6.88. The van der Waals surface area contributed by atoms with Crippen molar-refractivity contribution in [2.24, 2.45) is 11.8 Å². The van der Waals surface area contributed by atoms with Crippen LogP contribution in [0.25, 0.3) is 0 Å². The molecule has 3 N–H and O–H groups in total. The topological polar surface area (TPSA) is 104 Å². The molecule has 4 amide bonds. The van der Waals surface area contributed by atoms with Gasteiger partial charge in [-0.15, -0.1) is 0 Å². The minimum atomic E-state index is -0.653. The van der Waals surface area contributed by atoms with E-state index in [9.17, 15) is 19.2 Å². The highest BCUT2D eigenvalue weighted by atomic mass is 16.2. The largest absolute Gasteiger partial charge is 0.355 e. The molecule has 7 heteroatoms. The lowest BCUT2D eigenvalue weighted by Gasteiger charge is -2.21. The summed E-state index contributed by atoms with van der Waals surface area (Å²) in [5.41, 5.74) is 0. The number of amides is 4. The number of carbonyl (C=O) groups is 4. The second kappa shape index (κ2) is 6.02. The highest BCUT2D eigenvalue weighted by molar-refractivity contribution is 6.01. The first kappa shape index (κ1) is 14.5. The van der Waals surface area contributed by atoms with Crippen molar-refractivity contribution in [3.8, 4) is 0 Å². The molecule has 1 heterocycles. The molecule has 1 saturated carbocycles. The van der Waals surface area contributed by atoms with Gasteiger partial charge in [0.2, 0.25) is 23.6 Å². The zero-order valence-corrected chi connectivity index (χ0v) is 11.4. The van der Waals surface area contributed by atoms with Crippen LogP contribution in [0.1, 0.15) is 32.6 Å². The molecular weight excluding hydrogens is 262 g/mol. The molecule has 7 nitrogen and oxygen atoms in total. The Morgan fingerprint density at radius 3 is 2.65 bits per heavy atom. The molecule has 2 fully saturated rings. The molecule has 0 radical (unpaired) electrons. The van der Waals surface area contributed by atoms with E-state index in [-0.39, 0.29) is 43.0 Å². The van der Waals surface area contributed by atoms with Gasteiger partial charge < -0.3 is 10.6 Å². The van der Waals surface area contributed by atoms with Gasteiger partial charge in [0.15, 0.2) is 0 Å². The Labute approximate surface area is 116 Å². The molecule has 1 saturated heterocycles. The van der Waals surface area contributed by atoms with E-state index < -0.39 is 11.9 Å². The molecular formula is C13H19N3O4. The maximum absolute atomic E-state index is 11.6. The van der Waals surface area contributed by atoms with Crippen LogP contribution >= 0.6 is 0 Å². The Bertz CT molecular complexity index is 449. The Balaban J connectivity index is 1.64. The number of rotatable bonds is 5. The van der Waals surface area contributed by atoms with Crippen molar-refractivity contribution in [3.05, 3.63) is 0 Å². The van der Waals surface area contributed by atoms with E-state index in [0.717, 1.165) is 6.42 Å². The molecule has 2 aliphatic rings. The molecule has 1 aliphatic heterocycles. The van der Waals surface area contributed by atoms with Gasteiger partial charge in [0.05, 0.1) is 0 Å². The van der Waals surface area contributed by atoms with Crippen molar-refractivity contribution in [1.29, 1.82) is 0 Å². The van der Waals surface area contributed by atoms with E-state index in [1.807, 2.05) is 6.92 Å². The summed E-state index contributed by atoms with van der Waals surface area (Å²) < 4.78 is 0. The lowest BCUT2D eigenvalue weighted by Crippen LogP contribution is -2.52. The van der Waals surface area contributed by atoms with Gasteiger partial charge in [-0.05, 0) is 18.8 Å². The molecule has 0 aromatic heterocycles. The summed E-state index contributed by atoms with van der Waals surface area (Å²) in [6.07, 6.45) is 1.59. The summed E-state index contributed by atoms with van der Waals surface area (Å²) in [6.45, 7) is 2.28. The molecule has 1 aliphatic carbocycles. The van der Waals surface area contributed by atoms with E-state index >= 15 is 0 Å². The number of piperidine rings is 1. The fourth-order valence-corrected chi connectivity index (χ4v) is 2.22. The Morgan fingerprint density at radius 1 is 1.35 bits per heavy atom. The van der Waals surface area contributed by atoms with Gasteiger partial charge in [-0.1, -0.05) is 6.92 Å². The Kier molecular flexibility index (Phi) is 4.36. The van der Waals surface area contributed by atoms with Gasteiger partial charge in [0, 0.05) is 25.3 Å². The summed E-state index contributed by atoms with van der Waals surface area (Å²) in [4.78, 5) is 45.6. The molecule has 0 bridgehead atoms. The first-order chi connectivity index (χ1) is 9.47. The number of nitrogens with one attached hydrogen (secondary N) is 3. The second-order valence-corrected chi connectivity index (χ2v) is 5.43. The number of carbonyl (C=O) groups excluding carboxylic acids is 4. The van der Waals surface area contributed by atoms with Gasteiger partial charge in [0.1, 0.15) is 6.04 Å². The lowest BCUT2D eigenvalue weighted by molar-refractivity contribution is -0.137. The van der Waals surface area contributed by atoms with Crippen molar-refractivity contribution in [2.75, 3.05) is 6.54 Å². The quantitative estimate of drug-likeness (QED) is 0.566. The predicted molar refractivity (Wildman–Crippen MR) is 69.2 cm³/mol. The predicted octanol–water partition coefficient (Wildman–Crippen LogP) is -0.930. The zero-order valence-electron chi connectivity index (χ0n) is 11.4. The zero-order chi connectivity index (χ0) is 14.7. The summed E-state index contributed by atoms with van der Waals surface area (Å²) in [7, 11) is 0. The SMILES string of the molecule is CC1CC1C(=O)NCCC(=O)NC1CCC(=O)NC1=O. The van der Waals surface area contributed by atoms with Gasteiger partial charge >= 0.3 is 0 Å². The van der Waals surface area contributed by atoms with Gasteiger partial charge in [-0.3, -0.25) is 24.5 Å². The van der Waals surface area contributed by atoms with Crippen LogP contribution in [0.4, 0.5) is 0 Å². The van der Waals surface area contributed by atoms with E-state index in [4.69, 9.17) is 0 Å². The number of imide groups is 1. The molecule has 0 aromatic rings. The standard InChI is InChI=1S/C13H19N3O4/c1-7-6-8(7)12(19)14-5-4-11(18)15-9-2-3-10(17)16-13(9)20/h7-9H,2-6H2,1H3,(H,14,19)(H,15,18)(H,16,17,20). The molecule has 0 spiro atoms. The Morgan fingerprint density at radius 2 is 2.05 bits per heavy atom. The highest BCUT2D eigenvalue weighted by Gasteiger charge is 2.38. The van der Waals surface area contributed by atoms with Gasteiger partial charge in [-0.2, -0.15) is 0 Å². The van der Waals surface area contributed by atoms with Crippen molar-refractivity contribution in [1.82, 2.24) is 16.0 Å². The van der Waals surface area contributed by atoms with E-state index in [1.54, 1.807) is 0 Å². The number of hydrogen-bond donors (Lipinski definition) is 3. The summed E-state index contributed by atoms with van der Waals surface area (Å²) in [5, 5.41) is 7.44. The smallest absolute Gasteiger partial charge is 0.249 e. The normalized spacial score (nSPS) is 28.6. The van der Waals surface area contributed by atoms with Crippen LogP contribution in [0, 0.1) is 11.8 Å². The van der Waals surface area contributed by atoms with Crippen LogP contribution in [-0.4, -0.2) is 36.2 Å². The van der Waals surface area contributed by atoms with Crippen LogP contribution in [0.3, 0.4) is 0 Å². The van der Waals surface area contributed by atoms with Crippen LogP contribution in [0.2, 0.25) is 0 Å². The fraction of sp³-hybridized carbons (Fsp3) is 0.692. The maximum atomic E-state index is 11.6. The fourth-order valence-electron chi connectivity index (χ4n) is 2.22. The summed E-state index contributed by atoms with van der Waals surface area (Å²) >= 11 is 0. The summed E-state index contributed by atoms with van der Waals surface area (Å²) in [5.74, 6) is -0.563. The lowest BCUT2D eigenvalue weighted by atomic mass is 10.1. The monoisotopic (exact) mass is 281 g/mol. The Hall–Kier alpha value is -1.92. The van der Waals surface area contributed by atoms with Crippen LogP contribution in [0.15, 0.2) is 0 Å². The molecule has 110 valence electrons. The maximum Gasteiger partial charge on any atom is 0.249 e. The van der Waals surface area contributed by atoms with Crippen molar-refractivity contribution in [2.45, 2.75) is 38.6 Å². The molecule has 2 rings (SSSR count). The van der Waals surface area contributed by atoms with E-state index in [2.05, 4.69) is 16.0 Å². The minimum absolute atomic E-state index is 0.00805.